The van der Waals surface area contributed by atoms with Gasteiger partial charge in [-0.15, -0.1) is 0 Å². The molecule has 0 atom stereocenters. The van der Waals surface area contributed by atoms with Gasteiger partial charge in [-0.1, -0.05) is 12.1 Å². The molecule has 21 heavy (non-hydrogen) atoms. The van der Waals surface area contributed by atoms with Crippen molar-refractivity contribution in [3.8, 4) is 0 Å². The first-order chi connectivity index (χ1) is 9.63. The number of nitrogens with zero attached hydrogens (tertiary/aromatic N) is 1. The molecule has 2 N–H and O–H groups in total. The van der Waals surface area contributed by atoms with Crippen LogP contribution in [0.2, 0.25) is 0 Å². The number of halogens is 5. The van der Waals surface area contributed by atoms with Crippen molar-refractivity contribution in [2.45, 2.75) is 37.5 Å². The topological polar surface area (TPSA) is 46.3 Å². The van der Waals surface area contributed by atoms with E-state index in [1.165, 1.54) is 24.3 Å². The second-order valence-corrected chi connectivity index (χ2v) is 4.98. The van der Waals surface area contributed by atoms with Gasteiger partial charge in [0, 0.05) is 18.3 Å². The summed E-state index contributed by atoms with van der Waals surface area (Å²) in [5.41, 5.74) is 6.35. The van der Waals surface area contributed by atoms with Crippen molar-refractivity contribution in [3.05, 3.63) is 29.8 Å². The molecule has 0 radical (unpaired) electrons. The number of hydrogen-bond donors (Lipinski definition) is 1. The summed E-state index contributed by atoms with van der Waals surface area (Å²) in [5.74, 6) is -7.57. The normalized spacial score (nSPS) is 15.9. The van der Waals surface area contributed by atoms with Gasteiger partial charge in [0.1, 0.15) is 0 Å². The van der Waals surface area contributed by atoms with E-state index in [0.29, 0.717) is 29.0 Å². The number of amides is 1. The van der Waals surface area contributed by atoms with Crippen molar-refractivity contribution in [2.75, 3.05) is 5.73 Å². The molecule has 0 bridgehead atoms. The van der Waals surface area contributed by atoms with E-state index < -0.39 is 24.0 Å². The highest BCUT2D eigenvalue weighted by Crippen LogP contribution is 2.40. The summed E-state index contributed by atoms with van der Waals surface area (Å²) in [6.07, 6.45) is -5.04. The van der Waals surface area contributed by atoms with Gasteiger partial charge in [-0.3, -0.25) is 4.79 Å². The maximum atomic E-state index is 13.2. The maximum absolute atomic E-state index is 13.2. The minimum absolute atomic E-state index is 0.296. The number of carbonyl (C=O) groups is 1. The smallest absolute Gasteiger partial charge is 0.399 e. The predicted molar refractivity (Wildman–Crippen MR) is 65.4 cm³/mol. The van der Waals surface area contributed by atoms with Gasteiger partial charge in [-0.2, -0.15) is 22.0 Å². The Bertz CT molecular complexity index is 522. The fraction of sp³-hybridized carbons (Fsp3) is 0.462. The average molecular weight is 308 g/mol. The fourth-order valence-corrected chi connectivity index (χ4v) is 1.87. The quantitative estimate of drug-likeness (QED) is 0.686. The monoisotopic (exact) mass is 308 g/mol. The molecule has 1 aliphatic carbocycles. The molecule has 0 aliphatic heterocycles. The Labute approximate surface area is 117 Å². The third-order valence-electron chi connectivity index (χ3n) is 3.21. The first-order valence-corrected chi connectivity index (χ1v) is 6.23. The van der Waals surface area contributed by atoms with E-state index in [4.69, 9.17) is 5.73 Å². The van der Waals surface area contributed by atoms with Crippen LogP contribution in [0.4, 0.5) is 27.6 Å². The van der Waals surface area contributed by atoms with Crippen molar-refractivity contribution < 1.29 is 26.7 Å². The van der Waals surface area contributed by atoms with Gasteiger partial charge in [-0.05, 0) is 30.5 Å². The number of benzene rings is 1. The van der Waals surface area contributed by atoms with Crippen LogP contribution in [0.1, 0.15) is 18.4 Å². The van der Waals surface area contributed by atoms with Gasteiger partial charge in [-0.25, -0.2) is 0 Å². The zero-order chi connectivity index (χ0) is 15.8. The zero-order valence-electron chi connectivity index (χ0n) is 10.8. The van der Waals surface area contributed by atoms with Crippen molar-refractivity contribution in [1.29, 1.82) is 0 Å². The van der Waals surface area contributed by atoms with E-state index in [-0.39, 0.29) is 6.54 Å². The van der Waals surface area contributed by atoms with Gasteiger partial charge < -0.3 is 10.6 Å². The summed E-state index contributed by atoms with van der Waals surface area (Å²) in [4.78, 5) is 12.2. The zero-order valence-corrected chi connectivity index (χ0v) is 10.8. The Morgan fingerprint density at radius 3 is 2.10 bits per heavy atom. The second-order valence-electron chi connectivity index (χ2n) is 4.98. The standard InChI is InChI=1S/C13H13F5N2O/c14-12(15,13(16,17)18)11(21)20(10-5-6-10)7-8-1-3-9(19)4-2-8/h1-4,10H,5-7,19H2. The highest BCUT2D eigenvalue weighted by atomic mass is 19.4. The lowest BCUT2D eigenvalue weighted by molar-refractivity contribution is -0.275. The molecule has 116 valence electrons. The van der Waals surface area contributed by atoms with Crippen molar-refractivity contribution >= 4 is 11.6 Å². The third kappa shape index (κ3) is 3.25. The molecule has 0 unspecified atom stereocenters. The summed E-state index contributed by atoms with van der Waals surface area (Å²) in [6, 6.07) is 5.40. The van der Waals surface area contributed by atoms with Crippen LogP contribution in [0, 0.1) is 0 Å². The van der Waals surface area contributed by atoms with Crippen LogP contribution in [0.3, 0.4) is 0 Å². The molecule has 2 rings (SSSR count). The van der Waals surface area contributed by atoms with E-state index in [9.17, 15) is 26.7 Å². The molecule has 1 aromatic rings. The lowest BCUT2D eigenvalue weighted by Crippen LogP contribution is -2.52. The molecule has 1 saturated carbocycles. The molecule has 0 aromatic heterocycles. The SMILES string of the molecule is Nc1ccc(CN(C(=O)C(F)(F)C(F)(F)F)C2CC2)cc1. The van der Waals surface area contributed by atoms with Crippen LogP contribution in [0.25, 0.3) is 0 Å². The maximum Gasteiger partial charge on any atom is 0.463 e. The van der Waals surface area contributed by atoms with Gasteiger partial charge in [0.25, 0.3) is 0 Å². The number of rotatable bonds is 4. The number of nitrogens with two attached hydrogens (primary N) is 1. The number of anilines is 1. The fourth-order valence-electron chi connectivity index (χ4n) is 1.87. The van der Waals surface area contributed by atoms with Crippen LogP contribution >= 0.6 is 0 Å². The molecular weight excluding hydrogens is 295 g/mol. The lowest BCUT2D eigenvalue weighted by atomic mass is 10.1. The van der Waals surface area contributed by atoms with E-state index in [1.807, 2.05) is 0 Å². The Morgan fingerprint density at radius 2 is 1.67 bits per heavy atom. The molecule has 1 aliphatic rings. The lowest BCUT2D eigenvalue weighted by Gasteiger charge is -2.28. The number of carbonyl (C=O) groups excluding carboxylic acids is 1. The second kappa shape index (κ2) is 5.16. The van der Waals surface area contributed by atoms with E-state index in [1.54, 1.807) is 0 Å². The minimum Gasteiger partial charge on any atom is -0.399 e. The molecule has 1 aromatic carbocycles. The summed E-state index contributed by atoms with van der Waals surface area (Å²) in [7, 11) is 0. The van der Waals surface area contributed by atoms with E-state index in [2.05, 4.69) is 0 Å². The highest BCUT2D eigenvalue weighted by molar-refractivity contribution is 5.85. The Kier molecular flexibility index (Phi) is 3.81. The van der Waals surface area contributed by atoms with Crippen LogP contribution in [0.15, 0.2) is 24.3 Å². The van der Waals surface area contributed by atoms with E-state index >= 15 is 0 Å². The molecule has 3 nitrogen and oxygen atoms in total. The Hall–Kier alpha value is -1.86. The molecule has 0 spiro atoms. The highest BCUT2D eigenvalue weighted by Gasteiger charge is 2.65. The first-order valence-electron chi connectivity index (χ1n) is 6.23. The first kappa shape index (κ1) is 15.5. The molecule has 0 saturated heterocycles. The van der Waals surface area contributed by atoms with E-state index in [0.717, 1.165) is 0 Å². The van der Waals surface area contributed by atoms with Crippen molar-refractivity contribution in [1.82, 2.24) is 4.90 Å². The van der Waals surface area contributed by atoms with Crippen LogP contribution < -0.4 is 5.73 Å². The molecule has 8 heteroatoms. The third-order valence-corrected chi connectivity index (χ3v) is 3.21. The van der Waals surface area contributed by atoms with Gasteiger partial charge in [0.05, 0.1) is 0 Å². The van der Waals surface area contributed by atoms with Crippen molar-refractivity contribution in [3.63, 3.8) is 0 Å². The van der Waals surface area contributed by atoms with Crippen molar-refractivity contribution in [2.24, 2.45) is 0 Å². The van der Waals surface area contributed by atoms with Crippen LogP contribution in [-0.2, 0) is 11.3 Å². The van der Waals surface area contributed by atoms with Gasteiger partial charge in [0.2, 0.25) is 0 Å². The number of nitrogen functional groups attached to an aromatic ring is 1. The Morgan fingerprint density at radius 1 is 1.14 bits per heavy atom. The molecule has 0 heterocycles. The summed E-state index contributed by atoms with van der Waals surface area (Å²) >= 11 is 0. The number of hydrogen-bond acceptors (Lipinski definition) is 2. The molecule has 1 amide bonds. The molecular formula is C13H13F5N2O. The van der Waals surface area contributed by atoms with Gasteiger partial charge in [0.15, 0.2) is 0 Å². The summed E-state index contributed by atoms with van der Waals surface area (Å²) in [5, 5.41) is 0. The Balaban J connectivity index is 2.19. The largest absolute Gasteiger partial charge is 0.463 e. The van der Waals surface area contributed by atoms with Gasteiger partial charge >= 0.3 is 18.0 Å². The van der Waals surface area contributed by atoms with Crippen LogP contribution in [-0.4, -0.2) is 28.9 Å². The molecule has 1 fully saturated rings. The summed E-state index contributed by atoms with van der Waals surface area (Å²) in [6.45, 7) is -0.296. The average Bonchev–Trinajstić information content (AvgIpc) is 3.20. The van der Waals surface area contributed by atoms with Crippen LogP contribution in [0.5, 0.6) is 0 Å². The minimum atomic E-state index is -5.89. The summed E-state index contributed by atoms with van der Waals surface area (Å²) < 4.78 is 63.3. The number of alkyl halides is 5. The predicted octanol–water partition coefficient (Wildman–Crippen LogP) is 2.96.